The molecular weight excluding hydrogens is 481 g/mol. The van der Waals surface area contributed by atoms with Crippen LogP contribution in [0.5, 0.6) is 0 Å². The summed E-state index contributed by atoms with van der Waals surface area (Å²) < 4.78 is 40.5. The van der Waals surface area contributed by atoms with E-state index in [4.69, 9.17) is 0 Å². The number of nitrogens with zero attached hydrogens (tertiary/aromatic N) is 1. The summed E-state index contributed by atoms with van der Waals surface area (Å²) in [5.41, 5.74) is 0.0923. The van der Waals surface area contributed by atoms with E-state index < -0.39 is 23.0 Å². The van der Waals surface area contributed by atoms with E-state index in [1.54, 1.807) is 18.3 Å². The van der Waals surface area contributed by atoms with Crippen LogP contribution in [0.15, 0.2) is 24.5 Å². The summed E-state index contributed by atoms with van der Waals surface area (Å²) in [6.07, 6.45) is 3.04. The lowest BCUT2D eigenvalue weighted by atomic mass is 10.2. The Morgan fingerprint density at radius 2 is 1.58 bits per heavy atom. The van der Waals surface area contributed by atoms with E-state index in [9.17, 15) is 13.2 Å². The second-order valence-corrected chi connectivity index (χ2v) is 5.59. The minimum atomic E-state index is -0.979. The maximum absolute atomic E-state index is 13.8. The number of pyridine rings is 1. The molecule has 0 aliphatic rings. The topological polar surface area (TPSA) is 12.9 Å². The van der Waals surface area contributed by atoms with E-state index >= 15 is 0 Å². The van der Waals surface area contributed by atoms with Gasteiger partial charge in [-0.2, -0.15) is 0 Å². The van der Waals surface area contributed by atoms with Crippen LogP contribution >= 0.6 is 45.2 Å². The lowest BCUT2D eigenvalue weighted by Gasteiger charge is -2.04. The average Bonchev–Trinajstić information content (AvgIpc) is 2.44. The molecule has 0 fully saturated rings. The fourth-order valence-corrected chi connectivity index (χ4v) is 2.88. The summed E-state index contributed by atoms with van der Waals surface area (Å²) in [4.78, 5) is 3.84. The smallest absolute Gasteiger partial charge is 0.158 e. The number of rotatable bonds is 0. The summed E-state index contributed by atoms with van der Waals surface area (Å²) in [5, 5.41) is 0. The van der Waals surface area contributed by atoms with Gasteiger partial charge in [0, 0.05) is 18.0 Å². The van der Waals surface area contributed by atoms with Gasteiger partial charge in [-0.1, -0.05) is 11.8 Å². The molecule has 0 aliphatic heterocycles. The van der Waals surface area contributed by atoms with Gasteiger partial charge >= 0.3 is 0 Å². The normalized spacial score (nSPS) is 9.95. The van der Waals surface area contributed by atoms with Gasteiger partial charge in [-0.15, -0.1) is 0 Å². The maximum Gasteiger partial charge on any atom is 0.158 e. The third-order valence-electron chi connectivity index (χ3n) is 2.20. The van der Waals surface area contributed by atoms with E-state index in [2.05, 4.69) is 16.8 Å². The first kappa shape index (κ1) is 14.6. The predicted octanol–water partition coefficient (Wildman–Crippen LogP) is 4.11. The van der Waals surface area contributed by atoms with Crippen molar-refractivity contribution in [3.63, 3.8) is 0 Å². The van der Waals surface area contributed by atoms with E-state index in [1.165, 1.54) is 51.4 Å². The molecule has 0 radical (unpaired) electrons. The molecule has 1 nitrogen and oxygen atoms in total. The molecule has 0 atom stereocenters. The number of hydrogen-bond donors (Lipinski definition) is 0. The summed E-state index contributed by atoms with van der Waals surface area (Å²) >= 11 is 2.98. The highest BCUT2D eigenvalue weighted by atomic mass is 127. The lowest BCUT2D eigenvalue weighted by Crippen LogP contribution is -2.02. The Morgan fingerprint density at radius 3 is 2.11 bits per heavy atom. The van der Waals surface area contributed by atoms with Crippen molar-refractivity contribution >= 4 is 45.2 Å². The van der Waals surface area contributed by atoms with Crippen molar-refractivity contribution in [1.29, 1.82) is 0 Å². The second-order valence-electron chi connectivity index (χ2n) is 3.44. The third kappa shape index (κ3) is 3.02. The molecule has 0 aliphatic carbocycles. The second kappa shape index (κ2) is 6.09. The largest absolute Gasteiger partial charge is 0.263 e. The zero-order valence-corrected chi connectivity index (χ0v) is 13.5. The summed E-state index contributed by atoms with van der Waals surface area (Å²) in [5.74, 6) is 2.13. The van der Waals surface area contributed by atoms with Gasteiger partial charge in [0.1, 0.15) is 0 Å². The fourth-order valence-electron chi connectivity index (χ4n) is 1.29. The molecule has 0 bridgehead atoms. The molecule has 19 heavy (non-hydrogen) atoms. The molecule has 0 N–H and O–H groups in total. The van der Waals surface area contributed by atoms with Gasteiger partial charge in [-0.05, 0) is 57.3 Å². The Labute approximate surface area is 134 Å². The zero-order valence-electron chi connectivity index (χ0n) is 9.15. The highest BCUT2D eigenvalue weighted by Crippen LogP contribution is 2.27. The molecule has 0 saturated heterocycles. The van der Waals surface area contributed by atoms with Crippen LogP contribution in [0.3, 0.4) is 0 Å². The molecule has 6 heteroatoms. The van der Waals surface area contributed by atoms with Gasteiger partial charge in [0.05, 0.1) is 12.7 Å². The molecule has 0 saturated carbocycles. The molecule has 2 aromatic rings. The van der Waals surface area contributed by atoms with Crippen LogP contribution in [0.2, 0.25) is 0 Å². The molecule has 0 amide bonds. The molecule has 1 aromatic carbocycles. The van der Waals surface area contributed by atoms with Crippen LogP contribution in [0.4, 0.5) is 13.2 Å². The predicted molar refractivity (Wildman–Crippen MR) is 82.0 cm³/mol. The van der Waals surface area contributed by atoms with E-state index in [0.717, 1.165) is 0 Å². The quantitative estimate of drug-likeness (QED) is 0.237. The number of aromatic nitrogens is 1. The molecule has 1 aromatic heterocycles. The zero-order chi connectivity index (χ0) is 14.0. The first-order valence-corrected chi connectivity index (χ1v) is 7.11. The van der Waals surface area contributed by atoms with Crippen molar-refractivity contribution in [3.8, 4) is 11.8 Å². The Morgan fingerprint density at radius 1 is 0.947 bits per heavy atom. The molecule has 0 unspecified atom stereocenters. The summed E-state index contributed by atoms with van der Waals surface area (Å²) in [7, 11) is 0. The van der Waals surface area contributed by atoms with Crippen LogP contribution < -0.4 is 0 Å². The molecule has 1 heterocycles. The molecule has 96 valence electrons. The van der Waals surface area contributed by atoms with Crippen LogP contribution in [-0.4, -0.2) is 4.98 Å². The third-order valence-corrected chi connectivity index (χ3v) is 4.10. The van der Waals surface area contributed by atoms with E-state index in [-0.39, 0.29) is 7.14 Å². The minimum absolute atomic E-state index is 0.265. The fraction of sp³-hybridized carbons (Fsp3) is 0. The molecule has 0 spiro atoms. The number of hydrogen-bond acceptors (Lipinski definition) is 1. The number of benzene rings is 1. The number of halogens is 5. The van der Waals surface area contributed by atoms with Crippen LogP contribution in [0.1, 0.15) is 11.1 Å². The maximum atomic E-state index is 13.8. The molecular formula is C13H4F3I2N. The summed E-state index contributed by atoms with van der Waals surface area (Å²) in [6.45, 7) is 0. The highest BCUT2D eigenvalue weighted by Gasteiger charge is 2.20. The first-order valence-electron chi connectivity index (χ1n) is 4.96. The van der Waals surface area contributed by atoms with Gasteiger partial charge in [0.2, 0.25) is 0 Å². The monoisotopic (exact) mass is 485 g/mol. The van der Waals surface area contributed by atoms with Crippen molar-refractivity contribution < 1.29 is 13.2 Å². The Bertz CT molecular complexity index is 662. The Balaban J connectivity index is 2.57. The van der Waals surface area contributed by atoms with Crippen LogP contribution in [0, 0.1) is 36.4 Å². The van der Waals surface area contributed by atoms with Crippen molar-refractivity contribution in [2.75, 3.05) is 0 Å². The van der Waals surface area contributed by atoms with Crippen molar-refractivity contribution in [1.82, 2.24) is 4.98 Å². The molecule has 2 rings (SSSR count). The van der Waals surface area contributed by atoms with Crippen LogP contribution in [0.25, 0.3) is 0 Å². The van der Waals surface area contributed by atoms with Crippen molar-refractivity contribution in [3.05, 3.63) is 60.2 Å². The minimum Gasteiger partial charge on any atom is -0.263 e. The van der Waals surface area contributed by atoms with Gasteiger partial charge < -0.3 is 0 Å². The Kier molecular flexibility index (Phi) is 4.67. The van der Waals surface area contributed by atoms with Gasteiger partial charge in [0.15, 0.2) is 17.5 Å². The SMILES string of the molecule is Fc1c(I)c(F)c(C#Cc2cccnc2)c(F)c1I. The Hall–Kier alpha value is -0.820. The average molecular weight is 485 g/mol. The highest BCUT2D eigenvalue weighted by molar-refractivity contribution is 14.1. The lowest BCUT2D eigenvalue weighted by molar-refractivity contribution is 0.521. The van der Waals surface area contributed by atoms with Gasteiger partial charge in [0.25, 0.3) is 0 Å². The standard InChI is InChI=1S/C13H4F3I2N/c14-9-8(4-3-7-2-1-5-19-6-7)10(15)13(18)11(16)12(9)17/h1-2,5-6H. The first-order chi connectivity index (χ1) is 9.02. The van der Waals surface area contributed by atoms with Crippen LogP contribution in [-0.2, 0) is 0 Å². The van der Waals surface area contributed by atoms with E-state index in [0.29, 0.717) is 5.56 Å². The summed E-state index contributed by atoms with van der Waals surface area (Å²) in [6, 6.07) is 3.32. The van der Waals surface area contributed by atoms with E-state index in [1.807, 2.05) is 0 Å². The van der Waals surface area contributed by atoms with Gasteiger partial charge in [-0.25, -0.2) is 13.2 Å². The van der Waals surface area contributed by atoms with Crippen molar-refractivity contribution in [2.45, 2.75) is 0 Å². The van der Waals surface area contributed by atoms with Crippen molar-refractivity contribution in [2.24, 2.45) is 0 Å². The van der Waals surface area contributed by atoms with Gasteiger partial charge in [-0.3, -0.25) is 4.98 Å².